The smallest absolute Gasteiger partial charge is 0.257 e. The zero-order valence-corrected chi connectivity index (χ0v) is 9.37. The van der Waals surface area contributed by atoms with E-state index < -0.39 is 17.5 Å². The van der Waals surface area contributed by atoms with Gasteiger partial charge < -0.3 is 16.0 Å². The van der Waals surface area contributed by atoms with Crippen LogP contribution >= 0.6 is 0 Å². The molecule has 2 rings (SSSR count). The molecule has 1 aromatic rings. The van der Waals surface area contributed by atoms with Gasteiger partial charge in [-0.25, -0.2) is 8.78 Å². The van der Waals surface area contributed by atoms with E-state index in [1.807, 2.05) is 0 Å². The van der Waals surface area contributed by atoms with Gasteiger partial charge >= 0.3 is 0 Å². The van der Waals surface area contributed by atoms with Gasteiger partial charge in [0.15, 0.2) is 0 Å². The van der Waals surface area contributed by atoms with E-state index in [9.17, 15) is 18.4 Å². The highest BCUT2D eigenvalue weighted by Crippen LogP contribution is 2.18. The van der Waals surface area contributed by atoms with Gasteiger partial charge in [0.2, 0.25) is 5.91 Å². The Morgan fingerprint density at radius 2 is 2.06 bits per heavy atom. The molecule has 0 bridgehead atoms. The summed E-state index contributed by atoms with van der Waals surface area (Å²) in [5.74, 6) is -2.89. The number of carbonyl (C=O) groups excluding carboxylic acids is 2. The molecular weight excluding hydrogens is 244 g/mol. The van der Waals surface area contributed by atoms with Crippen LogP contribution in [-0.4, -0.2) is 36.3 Å². The van der Waals surface area contributed by atoms with Gasteiger partial charge in [-0.05, 0) is 6.07 Å². The molecule has 3 N–H and O–H groups in total. The van der Waals surface area contributed by atoms with Crippen molar-refractivity contribution in [1.82, 2.24) is 10.2 Å². The normalized spacial score (nSPS) is 15.4. The molecule has 0 spiro atoms. The van der Waals surface area contributed by atoms with Crippen molar-refractivity contribution >= 4 is 17.5 Å². The molecule has 0 unspecified atom stereocenters. The number of hydrogen-bond donors (Lipinski definition) is 2. The van der Waals surface area contributed by atoms with Crippen LogP contribution < -0.4 is 11.1 Å². The van der Waals surface area contributed by atoms with Gasteiger partial charge in [0.25, 0.3) is 5.91 Å². The molecule has 1 saturated heterocycles. The Labute approximate surface area is 102 Å². The number of anilines is 1. The van der Waals surface area contributed by atoms with Crippen molar-refractivity contribution in [3.63, 3.8) is 0 Å². The highest BCUT2D eigenvalue weighted by atomic mass is 19.1. The number of piperazine rings is 1. The van der Waals surface area contributed by atoms with E-state index in [1.165, 1.54) is 4.90 Å². The van der Waals surface area contributed by atoms with Crippen LogP contribution in [0.4, 0.5) is 14.5 Å². The number of nitrogen functional groups attached to an aromatic ring is 1. The molecule has 0 radical (unpaired) electrons. The Balaban J connectivity index is 2.28. The highest BCUT2D eigenvalue weighted by molar-refractivity contribution is 5.98. The van der Waals surface area contributed by atoms with Gasteiger partial charge in [0.05, 0.1) is 17.8 Å². The summed E-state index contributed by atoms with van der Waals surface area (Å²) in [6.45, 7) is 0.444. The summed E-state index contributed by atoms with van der Waals surface area (Å²) in [4.78, 5) is 24.3. The molecule has 0 aromatic heterocycles. The van der Waals surface area contributed by atoms with Crippen molar-refractivity contribution in [2.45, 2.75) is 0 Å². The topological polar surface area (TPSA) is 75.4 Å². The Morgan fingerprint density at radius 1 is 1.33 bits per heavy atom. The number of benzene rings is 1. The van der Waals surface area contributed by atoms with Crippen LogP contribution in [0.1, 0.15) is 10.4 Å². The minimum Gasteiger partial charge on any atom is -0.396 e. The first-order chi connectivity index (χ1) is 8.49. The number of nitrogens with zero attached hydrogens (tertiary/aromatic N) is 1. The Kier molecular flexibility index (Phi) is 3.14. The Bertz CT molecular complexity index is 519. The fourth-order valence-electron chi connectivity index (χ4n) is 1.71. The second kappa shape index (κ2) is 4.59. The predicted molar refractivity (Wildman–Crippen MR) is 59.7 cm³/mol. The van der Waals surface area contributed by atoms with Crippen LogP contribution in [0.5, 0.6) is 0 Å². The molecule has 1 aliphatic heterocycles. The highest BCUT2D eigenvalue weighted by Gasteiger charge is 2.25. The third-order valence-corrected chi connectivity index (χ3v) is 2.64. The summed E-state index contributed by atoms with van der Waals surface area (Å²) in [7, 11) is 0. The fraction of sp³-hybridized carbons (Fsp3) is 0.273. The molecule has 0 aliphatic carbocycles. The third kappa shape index (κ3) is 2.24. The molecule has 0 atom stereocenters. The summed E-state index contributed by atoms with van der Waals surface area (Å²) < 4.78 is 26.5. The third-order valence-electron chi connectivity index (χ3n) is 2.64. The van der Waals surface area contributed by atoms with Crippen LogP contribution in [0.2, 0.25) is 0 Å². The zero-order chi connectivity index (χ0) is 13.3. The average molecular weight is 255 g/mol. The summed E-state index contributed by atoms with van der Waals surface area (Å²) >= 11 is 0. The van der Waals surface area contributed by atoms with Crippen LogP contribution in [0.25, 0.3) is 0 Å². The van der Waals surface area contributed by atoms with Crippen molar-refractivity contribution in [2.24, 2.45) is 0 Å². The lowest BCUT2D eigenvalue weighted by Gasteiger charge is -2.26. The zero-order valence-electron chi connectivity index (χ0n) is 9.37. The van der Waals surface area contributed by atoms with Crippen molar-refractivity contribution in [3.8, 4) is 0 Å². The van der Waals surface area contributed by atoms with Crippen LogP contribution in [0.15, 0.2) is 12.1 Å². The van der Waals surface area contributed by atoms with E-state index in [0.29, 0.717) is 12.6 Å². The Hall–Kier alpha value is -2.18. The maximum Gasteiger partial charge on any atom is 0.257 e. The van der Waals surface area contributed by atoms with Crippen LogP contribution in [-0.2, 0) is 4.79 Å². The lowest BCUT2D eigenvalue weighted by molar-refractivity contribution is -0.123. The quantitative estimate of drug-likeness (QED) is 0.700. The van der Waals surface area contributed by atoms with Crippen molar-refractivity contribution in [1.29, 1.82) is 0 Å². The first-order valence-corrected chi connectivity index (χ1v) is 5.29. The lowest BCUT2D eigenvalue weighted by atomic mass is 10.1. The Morgan fingerprint density at radius 3 is 2.72 bits per heavy atom. The predicted octanol–water partition coefficient (Wildman–Crippen LogP) is 0.119. The number of rotatable bonds is 1. The summed E-state index contributed by atoms with van der Waals surface area (Å²) in [6.07, 6.45) is 0. The molecule has 1 aromatic carbocycles. The maximum absolute atomic E-state index is 13.5. The summed E-state index contributed by atoms with van der Waals surface area (Å²) in [5, 5.41) is 2.54. The van der Waals surface area contributed by atoms with Crippen LogP contribution in [0, 0.1) is 11.6 Å². The summed E-state index contributed by atoms with van der Waals surface area (Å²) in [6, 6.07) is 1.51. The molecule has 1 fully saturated rings. The number of nitrogens with one attached hydrogen (secondary N) is 1. The van der Waals surface area contributed by atoms with E-state index in [-0.39, 0.29) is 30.2 Å². The maximum atomic E-state index is 13.5. The number of halogens is 2. The van der Waals surface area contributed by atoms with Crippen molar-refractivity contribution in [2.75, 3.05) is 25.4 Å². The largest absolute Gasteiger partial charge is 0.396 e. The standard InChI is InChI=1S/C11H11F2N3O2/c12-7-4-8(13)9(14)3-6(7)11(18)16-2-1-15-10(17)5-16/h3-4H,1-2,5,14H2,(H,15,17). The van der Waals surface area contributed by atoms with E-state index in [0.717, 1.165) is 6.07 Å². The number of nitrogens with two attached hydrogens (primary N) is 1. The molecule has 5 nitrogen and oxygen atoms in total. The van der Waals surface area contributed by atoms with Crippen LogP contribution in [0.3, 0.4) is 0 Å². The molecule has 96 valence electrons. The number of hydrogen-bond acceptors (Lipinski definition) is 3. The van der Waals surface area contributed by atoms with E-state index >= 15 is 0 Å². The first kappa shape index (κ1) is 12.3. The van der Waals surface area contributed by atoms with E-state index in [4.69, 9.17) is 5.73 Å². The molecule has 18 heavy (non-hydrogen) atoms. The number of amides is 2. The van der Waals surface area contributed by atoms with Gasteiger partial charge in [-0.3, -0.25) is 9.59 Å². The lowest BCUT2D eigenvalue weighted by Crippen LogP contribution is -2.50. The first-order valence-electron chi connectivity index (χ1n) is 5.29. The van der Waals surface area contributed by atoms with Crippen molar-refractivity contribution < 1.29 is 18.4 Å². The fourth-order valence-corrected chi connectivity index (χ4v) is 1.71. The van der Waals surface area contributed by atoms with Gasteiger partial charge in [0, 0.05) is 19.2 Å². The van der Waals surface area contributed by atoms with Gasteiger partial charge in [0.1, 0.15) is 11.6 Å². The summed E-state index contributed by atoms with van der Waals surface area (Å²) in [5.41, 5.74) is 4.66. The van der Waals surface area contributed by atoms with Crippen molar-refractivity contribution in [3.05, 3.63) is 29.3 Å². The molecule has 0 saturated carbocycles. The van der Waals surface area contributed by atoms with E-state index in [2.05, 4.69) is 5.32 Å². The second-order valence-electron chi connectivity index (χ2n) is 3.93. The van der Waals surface area contributed by atoms with E-state index in [1.54, 1.807) is 0 Å². The minimum absolute atomic E-state index is 0.143. The van der Waals surface area contributed by atoms with Gasteiger partial charge in [-0.2, -0.15) is 0 Å². The number of carbonyl (C=O) groups is 2. The molecular formula is C11H11F2N3O2. The average Bonchev–Trinajstić information content (AvgIpc) is 2.33. The second-order valence-corrected chi connectivity index (χ2v) is 3.93. The van der Waals surface area contributed by atoms with Gasteiger partial charge in [-0.15, -0.1) is 0 Å². The molecule has 1 aliphatic rings. The van der Waals surface area contributed by atoms with Gasteiger partial charge in [-0.1, -0.05) is 0 Å². The molecule has 2 amide bonds. The monoisotopic (exact) mass is 255 g/mol. The molecule has 1 heterocycles. The molecule has 7 heteroatoms. The SMILES string of the molecule is Nc1cc(C(=O)N2CCNC(=O)C2)c(F)cc1F. The minimum atomic E-state index is -0.988.